The van der Waals surface area contributed by atoms with E-state index in [1.165, 1.54) is 29.8 Å². The van der Waals surface area contributed by atoms with Crippen LogP contribution < -0.4 is 0 Å². The minimum Gasteiger partial charge on any atom is -0.292 e. The molecule has 1 aliphatic heterocycles. The Balaban J connectivity index is 2.10. The van der Waals surface area contributed by atoms with Gasteiger partial charge in [-0.25, -0.2) is 0 Å². The van der Waals surface area contributed by atoms with Crippen molar-refractivity contribution in [3.8, 4) is 0 Å². The Labute approximate surface area is 92.5 Å². The van der Waals surface area contributed by atoms with Gasteiger partial charge in [0.2, 0.25) is 0 Å². The largest absolute Gasteiger partial charge is 0.292 e. The second-order valence-electron chi connectivity index (χ2n) is 4.64. The minimum atomic E-state index is 1.10. The van der Waals surface area contributed by atoms with Gasteiger partial charge in [0, 0.05) is 19.6 Å². The Hall–Kier alpha value is -0.860. The molecular weight excluding hydrogens is 184 g/mol. The number of hydrogen-bond acceptors (Lipinski definition) is 2. The number of nitrogens with zero attached hydrogens (tertiary/aromatic N) is 2. The van der Waals surface area contributed by atoms with Gasteiger partial charge in [0.15, 0.2) is 0 Å². The number of likely N-dealkylation sites (N-methyl/N-ethyl adjacent to an activating group) is 1. The lowest BCUT2D eigenvalue weighted by molar-refractivity contribution is 0.267. The third-order valence-corrected chi connectivity index (χ3v) is 3.27. The molecule has 0 unspecified atom stereocenters. The van der Waals surface area contributed by atoms with Crippen molar-refractivity contribution < 1.29 is 0 Å². The van der Waals surface area contributed by atoms with Crippen LogP contribution in [0.4, 0.5) is 0 Å². The quantitative estimate of drug-likeness (QED) is 0.727. The van der Waals surface area contributed by atoms with Crippen molar-refractivity contribution in [2.45, 2.75) is 20.4 Å². The van der Waals surface area contributed by atoms with Crippen LogP contribution in [0.15, 0.2) is 18.2 Å². The van der Waals surface area contributed by atoms with Gasteiger partial charge < -0.3 is 0 Å². The summed E-state index contributed by atoms with van der Waals surface area (Å²) in [6.45, 7) is 9.02. The Kier molecular flexibility index (Phi) is 3.08. The second kappa shape index (κ2) is 4.33. The summed E-state index contributed by atoms with van der Waals surface area (Å²) < 4.78 is 0. The summed E-state index contributed by atoms with van der Waals surface area (Å²) in [5.41, 5.74) is 4.35. The zero-order chi connectivity index (χ0) is 10.8. The van der Waals surface area contributed by atoms with E-state index in [1.54, 1.807) is 0 Å². The van der Waals surface area contributed by atoms with Gasteiger partial charge in [-0.1, -0.05) is 18.2 Å². The number of rotatable bonds is 2. The van der Waals surface area contributed by atoms with Crippen LogP contribution in [0.3, 0.4) is 0 Å². The standard InChI is InChI=1S/C13H20N2/c1-11-5-4-6-12(2)13(11)9-15-8-7-14(3)10-15/h4-6H,7-10H2,1-3H3. The average molecular weight is 204 g/mol. The molecule has 0 amide bonds. The van der Waals surface area contributed by atoms with Crippen molar-refractivity contribution >= 4 is 0 Å². The highest BCUT2D eigenvalue weighted by molar-refractivity contribution is 5.33. The van der Waals surface area contributed by atoms with E-state index in [4.69, 9.17) is 0 Å². The number of aryl methyl sites for hydroxylation is 2. The Morgan fingerprint density at radius 2 is 1.80 bits per heavy atom. The van der Waals surface area contributed by atoms with E-state index in [-0.39, 0.29) is 0 Å². The van der Waals surface area contributed by atoms with Crippen molar-refractivity contribution in [2.24, 2.45) is 0 Å². The van der Waals surface area contributed by atoms with Gasteiger partial charge in [0.05, 0.1) is 6.67 Å². The van der Waals surface area contributed by atoms with E-state index in [0.29, 0.717) is 0 Å². The molecule has 2 rings (SSSR count). The van der Waals surface area contributed by atoms with Crippen LogP contribution in [0, 0.1) is 13.8 Å². The van der Waals surface area contributed by atoms with Crippen molar-refractivity contribution in [1.82, 2.24) is 9.80 Å². The van der Waals surface area contributed by atoms with Crippen LogP contribution >= 0.6 is 0 Å². The van der Waals surface area contributed by atoms with Crippen molar-refractivity contribution in [3.05, 3.63) is 34.9 Å². The molecule has 2 nitrogen and oxygen atoms in total. The molecule has 1 aromatic carbocycles. The molecule has 0 bridgehead atoms. The van der Waals surface area contributed by atoms with E-state index in [2.05, 4.69) is 48.9 Å². The summed E-state index contributed by atoms with van der Waals surface area (Å²) >= 11 is 0. The normalized spacial score (nSPS) is 18.6. The predicted octanol–water partition coefficient (Wildman–Crippen LogP) is 2.01. The zero-order valence-electron chi connectivity index (χ0n) is 9.95. The molecule has 0 N–H and O–H groups in total. The number of hydrogen-bond donors (Lipinski definition) is 0. The fourth-order valence-corrected chi connectivity index (χ4v) is 2.25. The topological polar surface area (TPSA) is 6.48 Å². The molecule has 0 saturated carbocycles. The maximum Gasteiger partial charge on any atom is 0.0507 e. The van der Waals surface area contributed by atoms with Gasteiger partial charge in [0.1, 0.15) is 0 Å². The summed E-state index contributed by atoms with van der Waals surface area (Å²) in [5, 5.41) is 0. The molecule has 1 saturated heterocycles. The summed E-state index contributed by atoms with van der Waals surface area (Å²) in [5.74, 6) is 0. The van der Waals surface area contributed by atoms with Crippen molar-refractivity contribution in [2.75, 3.05) is 26.8 Å². The van der Waals surface area contributed by atoms with Gasteiger partial charge in [0.25, 0.3) is 0 Å². The maximum atomic E-state index is 2.51. The molecule has 82 valence electrons. The third kappa shape index (κ3) is 2.39. The minimum absolute atomic E-state index is 1.10. The maximum absolute atomic E-state index is 2.51. The lowest BCUT2D eigenvalue weighted by atomic mass is 10.0. The molecule has 1 heterocycles. The highest BCUT2D eigenvalue weighted by Crippen LogP contribution is 2.17. The van der Waals surface area contributed by atoms with Gasteiger partial charge in [-0.15, -0.1) is 0 Å². The summed E-state index contributed by atoms with van der Waals surface area (Å²) in [6, 6.07) is 6.56. The lowest BCUT2D eigenvalue weighted by Gasteiger charge is -2.18. The molecule has 15 heavy (non-hydrogen) atoms. The molecule has 0 radical (unpaired) electrons. The van der Waals surface area contributed by atoms with Crippen LogP contribution in [0.5, 0.6) is 0 Å². The van der Waals surface area contributed by atoms with Gasteiger partial charge >= 0.3 is 0 Å². The molecule has 0 aliphatic carbocycles. The second-order valence-corrected chi connectivity index (χ2v) is 4.64. The highest BCUT2D eigenvalue weighted by atomic mass is 15.4. The molecular formula is C13H20N2. The van der Waals surface area contributed by atoms with Gasteiger partial charge in [-0.05, 0) is 37.6 Å². The van der Waals surface area contributed by atoms with E-state index < -0.39 is 0 Å². The first-order chi connectivity index (χ1) is 7.16. The Morgan fingerprint density at radius 1 is 1.13 bits per heavy atom. The molecule has 0 aromatic heterocycles. The van der Waals surface area contributed by atoms with Crippen LogP contribution in [0.25, 0.3) is 0 Å². The first-order valence-electron chi connectivity index (χ1n) is 5.63. The summed E-state index contributed by atoms with van der Waals surface area (Å²) in [7, 11) is 2.19. The highest BCUT2D eigenvalue weighted by Gasteiger charge is 2.17. The lowest BCUT2D eigenvalue weighted by Crippen LogP contribution is -2.23. The average Bonchev–Trinajstić information content (AvgIpc) is 2.58. The van der Waals surface area contributed by atoms with E-state index in [9.17, 15) is 0 Å². The molecule has 1 aromatic rings. The fourth-order valence-electron chi connectivity index (χ4n) is 2.25. The monoisotopic (exact) mass is 204 g/mol. The summed E-state index contributed by atoms with van der Waals surface area (Å²) in [4.78, 5) is 4.88. The van der Waals surface area contributed by atoms with Crippen LogP contribution in [-0.4, -0.2) is 36.6 Å². The molecule has 1 aliphatic rings. The van der Waals surface area contributed by atoms with Crippen LogP contribution in [-0.2, 0) is 6.54 Å². The number of benzene rings is 1. The Morgan fingerprint density at radius 3 is 2.33 bits per heavy atom. The summed E-state index contributed by atoms with van der Waals surface area (Å²) in [6.07, 6.45) is 0. The van der Waals surface area contributed by atoms with E-state index >= 15 is 0 Å². The van der Waals surface area contributed by atoms with Gasteiger partial charge in [-0.2, -0.15) is 0 Å². The van der Waals surface area contributed by atoms with Crippen molar-refractivity contribution in [3.63, 3.8) is 0 Å². The van der Waals surface area contributed by atoms with E-state index in [0.717, 1.165) is 13.2 Å². The molecule has 2 heteroatoms. The Bertz CT molecular complexity index is 326. The first kappa shape index (κ1) is 10.7. The van der Waals surface area contributed by atoms with Crippen LogP contribution in [0.1, 0.15) is 16.7 Å². The fraction of sp³-hybridized carbons (Fsp3) is 0.538. The van der Waals surface area contributed by atoms with Crippen LogP contribution in [0.2, 0.25) is 0 Å². The SMILES string of the molecule is Cc1cccc(C)c1CN1CCN(C)C1. The first-order valence-corrected chi connectivity index (χ1v) is 5.63. The van der Waals surface area contributed by atoms with Crippen molar-refractivity contribution in [1.29, 1.82) is 0 Å². The smallest absolute Gasteiger partial charge is 0.0507 e. The van der Waals surface area contributed by atoms with E-state index in [1.807, 2.05) is 0 Å². The zero-order valence-corrected chi connectivity index (χ0v) is 9.95. The third-order valence-electron chi connectivity index (χ3n) is 3.27. The molecule has 0 atom stereocenters. The van der Waals surface area contributed by atoms with Gasteiger partial charge in [-0.3, -0.25) is 9.80 Å². The molecule has 0 spiro atoms. The predicted molar refractivity (Wildman–Crippen MR) is 63.8 cm³/mol. The molecule has 1 fully saturated rings.